The van der Waals surface area contributed by atoms with Gasteiger partial charge in [0.1, 0.15) is 30.6 Å². The number of ketones is 1. The van der Waals surface area contributed by atoms with Crippen LogP contribution in [0.1, 0.15) is 37.3 Å². The van der Waals surface area contributed by atoms with Crippen LogP contribution in [0.5, 0.6) is 0 Å². The molecule has 0 radical (unpaired) electrons. The van der Waals surface area contributed by atoms with Gasteiger partial charge < -0.3 is 14.2 Å². The van der Waals surface area contributed by atoms with Crippen molar-refractivity contribution in [1.82, 2.24) is 4.90 Å². The average molecular weight is 496 g/mol. The third-order valence-electron chi connectivity index (χ3n) is 6.71. The predicted molar refractivity (Wildman–Crippen MR) is 131 cm³/mol. The van der Waals surface area contributed by atoms with Crippen LogP contribution >= 0.6 is 0 Å². The number of cyclic esters (lactones) is 1. The molecule has 0 aromatic heterocycles. The van der Waals surface area contributed by atoms with Crippen molar-refractivity contribution < 1.29 is 33.4 Å². The molecule has 192 valence electrons. The maximum atomic E-state index is 13.4. The van der Waals surface area contributed by atoms with Gasteiger partial charge in [0.25, 0.3) is 0 Å². The van der Waals surface area contributed by atoms with Gasteiger partial charge in [-0.2, -0.15) is 0 Å². The molecule has 2 aromatic rings. The minimum absolute atomic E-state index is 0.0169. The fourth-order valence-electron chi connectivity index (χ4n) is 4.43. The third kappa shape index (κ3) is 6.57. The van der Waals surface area contributed by atoms with Crippen LogP contribution in [0, 0.1) is 11.8 Å². The fraction of sp³-hybridized carbons (Fsp3) is 0.429. The van der Waals surface area contributed by atoms with Crippen LogP contribution < -0.4 is 0 Å². The van der Waals surface area contributed by atoms with Gasteiger partial charge in [-0.1, -0.05) is 67.6 Å². The van der Waals surface area contributed by atoms with Crippen molar-refractivity contribution in [3.05, 3.63) is 71.8 Å². The van der Waals surface area contributed by atoms with E-state index in [1.165, 1.54) is 7.11 Å². The standard InChI is InChI=1S/C28H33NO7/c1-20(25(31)34-3)16-23(26(32)35-18-22-12-8-5-9-13-22)24(30)14-15-28(27(33)36-19-29(28)2)17-21-10-6-4-7-11-21/h4-13,20,23H,14-19H2,1-3H3. The Morgan fingerprint density at radius 1 is 1.00 bits per heavy atom. The first kappa shape index (κ1) is 27.1. The molecular weight excluding hydrogens is 462 g/mol. The predicted octanol–water partition coefficient (Wildman–Crippen LogP) is 3.32. The Balaban J connectivity index is 1.75. The molecule has 0 bridgehead atoms. The molecule has 0 N–H and O–H groups in total. The summed E-state index contributed by atoms with van der Waals surface area (Å²) in [7, 11) is 3.04. The minimum atomic E-state index is -1.15. The van der Waals surface area contributed by atoms with Gasteiger partial charge in [0.15, 0.2) is 0 Å². The Morgan fingerprint density at radius 2 is 1.61 bits per heavy atom. The first-order chi connectivity index (χ1) is 17.3. The van der Waals surface area contributed by atoms with Crippen molar-refractivity contribution in [3.8, 4) is 0 Å². The quantitative estimate of drug-likeness (QED) is 0.251. The number of ether oxygens (including phenoxy) is 3. The second-order valence-electron chi connectivity index (χ2n) is 9.22. The smallest absolute Gasteiger partial charge is 0.328 e. The lowest BCUT2D eigenvalue weighted by molar-refractivity contribution is -0.155. The Hall–Kier alpha value is -3.52. The molecule has 8 nitrogen and oxygen atoms in total. The van der Waals surface area contributed by atoms with Crippen LogP contribution in [0.2, 0.25) is 0 Å². The van der Waals surface area contributed by atoms with E-state index in [-0.39, 0.29) is 38.4 Å². The summed E-state index contributed by atoms with van der Waals surface area (Å²) in [5.41, 5.74) is 0.702. The molecule has 0 saturated carbocycles. The van der Waals surface area contributed by atoms with Crippen LogP contribution in [-0.2, 0) is 46.4 Å². The number of Topliss-reactive ketones (excluding diaryl/α,β-unsaturated/α-hetero) is 1. The van der Waals surface area contributed by atoms with Crippen LogP contribution in [-0.4, -0.2) is 55.0 Å². The summed E-state index contributed by atoms with van der Waals surface area (Å²) in [6.07, 6.45) is 0.458. The van der Waals surface area contributed by atoms with Crippen LogP contribution in [0.3, 0.4) is 0 Å². The maximum Gasteiger partial charge on any atom is 0.328 e. The van der Waals surface area contributed by atoms with Crippen LogP contribution in [0.15, 0.2) is 60.7 Å². The number of hydrogen-bond acceptors (Lipinski definition) is 8. The molecule has 1 fully saturated rings. The lowest BCUT2D eigenvalue weighted by Gasteiger charge is -2.31. The highest BCUT2D eigenvalue weighted by molar-refractivity contribution is 5.99. The topological polar surface area (TPSA) is 99.2 Å². The zero-order chi connectivity index (χ0) is 26.1. The molecule has 0 aliphatic carbocycles. The molecule has 3 rings (SSSR count). The number of hydrogen-bond donors (Lipinski definition) is 0. The van der Waals surface area contributed by atoms with Gasteiger partial charge in [-0.15, -0.1) is 0 Å². The van der Waals surface area contributed by atoms with Crippen LogP contribution in [0.4, 0.5) is 0 Å². The second-order valence-corrected chi connectivity index (χ2v) is 9.22. The molecule has 1 saturated heterocycles. The van der Waals surface area contributed by atoms with Gasteiger partial charge in [0.05, 0.1) is 13.0 Å². The number of carbonyl (C=O) groups is 4. The summed E-state index contributed by atoms with van der Waals surface area (Å²) in [5.74, 6) is -3.82. The van der Waals surface area contributed by atoms with Crippen molar-refractivity contribution in [3.63, 3.8) is 0 Å². The van der Waals surface area contributed by atoms with Gasteiger partial charge in [-0.3, -0.25) is 19.3 Å². The van der Waals surface area contributed by atoms with E-state index in [4.69, 9.17) is 14.2 Å². The number of rotatable bonds is 12. The number of nitrogens with zero attached hydrogens (tertiary/aromatic N) is 1. The number of likely N-dealkylation sites (N-methyl/N-ethyl adjacent to an activating group) is 1. The molecule has 0 spiro atoms. The molecule has 2 aromatic carbocycles. The van der Waals surface area contributed by atoms with Crippen molar-refractivity contribution in [2.75, 3.05) is 20.9 Å². The Kier molecular flexibility index (Phi) is 9.36. The van der Waals surface area contributed by atoms with Gasteiger partial charge in [-0.05, 0) is 31.0 Å². The van der Waals surface area contributed by atoms with Gasteiger partial charge >= 0.3 is 17.9 Å². The van der Waals surface area contributed by atoms with E-state index < -0.39 is 35.3 Å². The normalized spacial score (nSPS) is 19.2. The molecule has 3 atom stereocenters. The highest BCUT2D eigenvalue weighted by atomic mass is 16.6. The van der Waals surface area contributed by atoms with Crippen molar-refractivity contribution >= 4 is 23.7 Å². The van der Waals surface area contributed by atoms with Crippen molar-refractivity contribution in [2.45, 2.75) is 44.8 Å². The number of carbonyl (C=O) groups excluding carboxylic acids is 4. The lowest BCUT2D eigenvalue weighted by atomic mass is 9.82. The summed E-state index contributed by atoms with van der Waals surface area (Å²) in [4.78, 5) is 53.1. The number of benzene rings is 2. The van der Waals surface area contributed by atoms with Gasteiger partial charge in [0.2, 0.25) is 0 Å². The third-order valence-corrected chi connectivity index (χ3v) is 6.71. The largest absolute Gasteiger partial charge is 0.469 e. The fourth-order valence-corrected chi connectivity index (χ4v) is 4.43. The van der Waals surface area contributed by atoms with E-state index in [1.807, 2.05) is 60.7 Å². The first-order valence-electron chi connectivity index (χ1n) is 12.0. The van der Waals surface area contributed by atoms with Crippen molar-refractivity contribution in [1.29, 1.82) is 0 Å². The molecule has 1 heterocycles. The highest BCUT2D eigenvalue weighted by Gasteiger charge is 2.49. The second kappa shape index (κ2) is 12.4. The molecule has 1 aliphatic heterocycles. The van der Waals surface area contributed by atoms with E-state index in [1.54, 1.807) is 18.9 Å². The van der Waals surface area contributed by atoms with E-state index in [0.717, 1.165) is 11.1 Å². The van der Waals surface area contributed by atoms with E-state index in [0.29, 0.717) is 6.42 Å². The number of methoxy groups -OCH3 is 1. The Labute approximate surface area is 211 Å². The Morgan fingerprint density at radius 3 is 2.17 bits per heavy atom. The van der Waals surface area contributed by atoms with Gasteiger partial charge in [0, 0.05) is 12.8 Å². The summed E-state index contributed by atoms with van der Waals surface area (Å²) >= 11 is 0. The molecule has 3 unspecified atom stereocenters. The SMILES string of the molecule is COC(=O)C(C)CC(C(=O)CCC1(Cc2ccccc2)C(=O)OCN1C)C(=O)OCc1ccccc1. The summed E-state index contributed by atoms with van der Waals surface area (Å²) < 4.78 is 15.5. The zero-order valence-electron chi connectivity index (χ0n) is 21.0. The lowest BCUT2D eigenvalue weighted by Crippen LogP contribution is -2.49. The minimum Gasteiger partial charge on any atom is -0.469 e. The molecule has 1 aliphatic rings. The van der Waals surface area contributed by atoms with E-state index in [9.17, 15) is 19.2 Å². The van der Waals surface area contributed by atoms with Gasteiger partial charge in [-0.25, -0.2) is 4.79 Å². The monoisotopic (exact) mass is 495 g/mol. The highest BCUT2D eigenvalue weighted by Crippen LogP contribution is 2.33. The zero-order valence-corrected chi connectivity index (χ0v) is 21.0. The molecule has 8 heteroatoms. The first-order valence-corrected chi connectivity index (χ1v) is 12.0. The van der Waals surface area contributed by atoms with E-state index in [2.05, 4.69) is 0 Å². The number of esters is 3. The molecule has 0 amide bonds. The van der Waals surface area contributed by atoms with E-state index >= 15 is 0 Å². The Bertz CT molecular complexity index is 1060. The maximum absolute atomic E-state index is 13.4. The summed E-state index contributed by atoms with van der Waals surface area (Å²) in [6.45, 7) is 1.75. The average Bonchev–Trinajstić information content (AvgIpc) is 3.17. The van der Waals surface area contributed by atoms with Crippen LogP contribution in [0.25, 0.3) is 0 Å². The molecular formula is C28H33NO7. The summed E-state index contributed by atoms with van der Waals surface area (Å²) in [6, 6.07) is 18.7. The molecule has 36 heavy (non-hydrogen) atoms. The van der Waals surface area contributed by atoms with Crippen molar-refractivity contribution in [2.24, 2.45) is 11.8 Å². The summed E-state index contributed by atoms with van der Waals surface area (Å²) in [5, 5.41) is 0.